The number of benzene rings is 2. The van der Waals surface area contributed by atoms with E-state index in [2.05, 4.69) is 0 Å². The van der Waals surface area contributed by atoms with Crippen LogP contribution < -0.4 is 4.74 Å². The van der Waals surface area contributed by atoms with Crippen LogP contribution in [0, 0.1) is 13.8 Å². The van der Waals surface area contributed by atoms with Gasteiger partial charge in [-0.25, -0.2) is 4.79 Å². The average Bonchev–Trinajstić information content (AvgIpc) is 2.62. The molecule has 2 aromatic carbocycles. The summed E-state index contributed by atoms with van der Waals surface area (Å²) in [7, 11) is 0. The number of carbonyl (C=O) groups excluding carboxylic acids is 2. The molecule has 0 fully saturated rings. The van der Waals surface area contributed by atoms with Gasteiger partial charge in [0.05, 0.1) is 5.57 Å². The van der Waals surface area contributed by atoms with E-state index in [1.54, 1.807) is 19.1 Å². The smallest absolute Gasteiger partial charge is 0.338 e. The first-order valence-electron chi connectivity index (χ1n) is 8.20. The minimum absolute atomic E-state index is 0.139. The molecule has 1 aliphatic rings. The first-order valence-corrected chi connectivity index (χ1v) is 8.20. The van der Waals surface area contributed by atoms with Gasteiger partial charge in [0, 0.05) is 11.1 Å². The zero-order valence-electron chi connectivity index (χ0n) is 14.5. The van der Waals surface area contributed by atoms with E-state index in [1.165, 1.54) is 0 Å². The first kappa shape index (κ1) is 17.0. The maximum absolute atomic E-state index is 12.5. The summed E-state index contributed by atoms with van der Waals surface area (Å²) in [5.74, 6) is -0.00771. The number of aryl methyl sites for hydroxylation is 2. The molecule has 25 heavy (non-hydrogen) atoms. The lowest BCUT2D eigenvalue weighted by Crippen LogP contribution is -2.27. The van der Waals surface area contributed by atoms with Crippen molar-refractivity contribution in [2.45, 2.75) is 26.9 Å². The molecule has 2 aromatic rings. The zero-order valence-corrected chi connectivity index (χ0v) is 14.5. The number of fused-ring (bicyclic) bond motifs is 1. The molecule has 0 radical (unpaired) electrons. The van der Waals surface area contributed by atoms with Gasteiger partial charge in [0.15, 0.2) is 6.10 Å². The number of rotatable bonds is 4. The molecule has 4 nitrogen and oxygen atoms in total. The molecule has 0 spiro atoms. The van der Waals surface area contributed by atoms with E-state index in [0.29, 0.717) is 11.1 Å². The molecule has 128 valence electrons. The molecule has 0 bridgehead atoms. The second-order valence-electron chi connectivity index (χ2n) is 6.21. The molecule has 1 aliphatic heterocycles. The lowest BCUT2D eigenvalue weighted by molar-refractivity contribution is -0.141. The Kier molecular flexibility index (Phi) is 4.70. The van der Waals surface area contributed by atoms with Crippen molar-refractivity contribution in [3.63, 3.8) is 0 Å². The van der Waals surface area contributed by atoms with Crippen LogP contribution in [0.1, 0.15) is 34.0 Å². The quantitative estimate of drug-likeness (QED) is 0.628. The summed E-state index contributed by atoms with van der Waals surface area (Å²) in [5, 5.41) is 0. The fourth-order valence-corrected chi connectivity index (χ4v) is 2.65. The average molecular weight is 336 g/mol. The van der Waals surface area contributed by atoms with Crippen molar-refractivity contribution in [3.05, 3.63) is 70.3 Å². The van der Waals surface area contributed by atoms with Crippen LogP contribution in [-0.2, 0) is 9.53 Å². The number of ether oxygens (including phenoxy) is 2. The van der Waals surface area contributed by atoms with Crippen molar-refractivity contribution in [1.29, 1.82) is 0 Å². The topological polar surface area (TPSA) is 52.6 Å². The predicted octanol–water partition coefficient (Wildman–Crippen LogP) is 3.89. The van der Waals surface area contributed by atoms with Crippen LogP contribution in [0.2, 0.25) is 0 Å². The number of hydrogen-bond donors (Lipinski definition) is 0. The van der Waals surface area contributed by atoms with Gasteiger partial charge < -0.3 is 9.47 Å². The van der Waals surface area contributed by atoms with Crippen LogP contribution >= 0.6 is 0 Å². The highest BCUT2D eigenvalue weighted by Crippen LogP contribution is 2.26. The normalized spacial score (nSPS) is 14.0. The van der Waals surface area contributed by atoms with Crippen molar-refractivity contribution >= 4 is 17.8 Å². The van der Waals surface area contributed by atoms with Gasteiger partial charge in [0.2, 0.25) is 5.78 Å². The fraction of sp³-hybridized carbons (Fsp3) is 0.238. The summed E-state index contributed by atoms with van der Waals surface area (Å²) >= 11 is 0. The molecule has 0 saturated heterocycles. The number of Topliss-reactive ketones (excluding diaryl/α,β-unsaturated/α-hetero) is 1. The second kappa shape index (κ2) is 6.93. The fourth-order valence-electron chi connectivity index (χ4n) is 2.65. The van der Waals surface area contributed by atoms with Crippen LogP contribution in [0.15, 0.2) is 48.0 Å². The lowest BCUT2D eigenvalue weighted by atomic mass is 10.0. The second-order valence-corrected chi connectivity index (χ2v) is 6.21. The highest BCUT2D eigenvalue weighted by Gasteiger charge is 2.24. The van der Waals surface area contributed by atoms with Crippen molar-refractivity contribution in [1.82, 2.24) is 0 Å². The van der Waals surface area contributed by atoms with Crippen molar-refractivity contribution in [2.24, 2.45) is 0 Å². The van der Waals surface area contributed by atoms with E-state index in [0.717, 1.165) is 22.4 Å². The zero-order chi connectivity index (χ0) is 18.0. The minimum atomic E-state index is -0.854. The third-order valence-corrected chi connectivity index (χ3v) is 4.34. The molecule has 4 heteroatoms. The van der Waals surface area contributed by atoms with Gasteiger partial charge >= 0.3 is 5.97 Å². The van der Waals surface area contributed by atoms with Gasteiger partial charge in [-0.3, -0.25) is 4.79 Å². The maximum Gasteiger partial charge on any atom is 0.338 e. The first-order chi connectivity index (χ1) is 12.0. The van der Waals surface area contributed by atoms with Crippen LogP contribution in [0.5, 0.6) is 5.75 Å². The Morgan fingerprint density at radius 1 is 1.08 bits per heavy atom. The molecule has 1 atom stereocenters. The summed E-state index contributed by atoms with van der Waals surface area (Å²) in [5.41, 5.74) is 3.92. The number of carbonyl (C=O) groups is 2. The highest BCUT2D eigenvalue weighted by molar-refractivity contribution is 6.02. The van der Waals surface area contributed by atoms with Gasteiger partial charge in [-0.15, -0.1) is 0 Å². The SMILES string of the molecule is Cc1ccc(C(=O)C(C)OC(=O)C2=Cc3ccccc3OC2)cc1C. The van der Waals surface area contributed by atoms with Crippen molar-refractivity contribution in [3.8, 4) is 5.75 Å². The molecule has 1 heterocycles. The van der Waals surface area contributed by atoms with Crippen LogP contribution in [0.3, 0.4) is 0 Å². The largest absolute Gasteiger partial charge is 0.488 e. The number of para-hydroxylation sites is 1. The van der Waals surface area contributed by atoms with Gasteiger partial charge in [-0.1, -0.05) is 30.3 Å². The van der Waals surface area contributed by atoms with Gasteiger partial charge in [-0.05, 0) is 50.1 Å². The van der Waals surface area contributed by atoms with Crippen molar-refractivity contribution < 1.29 is 19.1 Å². The predicted molar refractivity (Wildman–Crippen MR) is 95.7 cm³/mol. The van der Waals surface area contributed by atoms with E-state index in [9.17, 15) is 9.59 Å². The van der Waals surface area contributed by atoms with Crippen LogP contribution in [-0.4, -0.2) is 24.5 Å². The maximum atomic E-state index is 12.5. The van der Waals surface area contributed by atoms with Crippen LogP contribution in [0.4, 0.5) is 0 Å². The van der Waals surface area contributed by atoms with Crippen LogP contribution in [0.25, 0.3) is 6.08 Å². The van der Waals surface area contributed by atoms with E-state index in [1.807, 2.05) is 50.2 Å². The van der Waals surface area contributed by atoms with Crippen molar-refractivity contribution in [2.75, 3.05) is 6.61 Å². The molecule has 0 amide bonds. The summed E-state index contributed by atoms with van der Waals surface area (Å²) in [6.07, 6.45) is 0.890. The Hall–Kier alpha value is -2.88. The van der Waals surface area contributed by atoms with E-state index in [-0.39, 0.29) is 12.4 Å². The Labute approximate surface area is 147 Å². The summed E-state index contributed by atoms with van der Waals surface area (Å²) < 4.78 is 10.9. The Balaban J connectivity index is 1.71. The molecule has 0 aromatic heterocycles. The van der Waals surface area contributed by atoms with Gasteiger partial charge in [0.25, 0.3) is 0 Å². The summed E-state index contributed by atoms with van der Waals surface area (Å²) in [4.78, 5) is 24.8. The third kappa shape index (κ3) is 3.63. The summed E-state index contributed by atoms with van der Waals surface area (Å²) in [6.45, 7) is 5.67. The minimum Gasteiger partial charge on any atom is -0.488 e. The molecule has 0 saturated carbocycles. The number of hydrogen-bond acceptors (Lipinski definition) is 4. The van der Waals surface area contributed by atoms with E-state index in [4.69, 9.17) is 9.47 Å². The molecule has 1 unspecified atom stereocenters. The Morgan fingerprint density at radius 2 is 1.84 bits per heavy atom. The highest BCUT2D eigenvalue weighted by atomic mass is 16.5. The standard InChI is InChI=1S/C21H20O4/c1-13-8-9-17(10-14(13)2)20(22)15(3)25-21(23)18-11-16-6-4-5-7-19(16)24-12-18/h4-11,15H,12H2,1-3H3. The van der Waals surface area contributed by atoms with E-state index < -0.39 is 12.1 Å². The molecule has 0 N–H and O–H groups in total. The third-order valence-electron chi connectivity index (χ3n) is 4.34. The van der Waals surface area contributed by atoms with E-state index >= 15 is 0 Å². The summed E-state index contributed by atoms with van der Waals surface area (Å²) in [6, 6.07) is 12.9. The van der Waals surface area contributed by atoms with Gasteiger partial charge in [0.1, 0.15) is 12.4 Å². The number of ketones is 1. The lowest BCUT2D eigenvalue weighted by Gasteiger charge is -2.19. The molecular weight excluding hydrogens is 316 g/mol. The molecule has 0 aliphatic carbocycles. The molecule has 3 rings (SSSR count). The number of esters is 1. The monoisotopic (exact) mass is 336 g/mol. The van der Waals surface area contributed by atoms with Gasteiger partial charge in [-0.2, -0.15) is 0 Å². The Bertz CT molecular complexity index is 864. The Morgan fingerprint density at radius 3 is 2.60 bits per heavy atom. The molecular formula is C21H20O4.